The monoisotopic (exact) mass is 462 g/mol. The van der Waals surface area contributed by atoms with E-state index in [1.165, 1.54) is 29.5 Å². The maximum absolute atomic E-state index is 13.6. The number of nitrogens with zero attached hydrogens (tertiary/aromatic N) is 2. The van der Waals surface area contributed by atoms with E-state index in [0.29, 0.717) is 21.9 Å². The molecule has 2 aromatic heterocycles. The third-order valence-corrected chi connectivity index (χ3v) is 6.77. The Balaban J connectivity index is 1.73. The molecule has 164 valence electrons. The molecular formula is C21H23FN4O3S2. The van der Waals surface area contributed by atoms with E-state index in [1.807, 2.05) is 20.8 Å². The number of hydrogen-bond donors (Lipinski definition) is 2. The van der Waals surface area contributed by atoms with E-state index in [0.717, 1.165) is 35.0 Å². The highest BCUT2D eigenvalue weighted by Crippen LogP contribution is 2.28. The predicted octanol–water partition coefficient (Wildman–Crippen LogP) is 4.45. The first kappa shape index (κ1) is 23.0. The van der Waals surface area contributed by atoms with Crippen LogP contribution in [-0.2, 0) is 11.3 Å². The summed E-state index contributed by atoms with van der Waals surface area (Å²) in [7, 11) is 0. The third-order valence-electron chi connectivity index (χ3n) is 4.70. The summed E-state index contributed by atoms with van der Waals surface area (Å²) in [6, 6.07) is 4.84. The first-order valence-electron chi connectivity index (χ1n) is 9.80. The van der Waals surface area contributed by atoms with Crippen molar-refractivity contribution in [2.24, 2.45) is 0 Å². The summed E-state index contributed by atoms with van der Waals surface area (Å²) in [5.41, 5.74) is 0.798. The summed E-state index contributed by atoms with van der Waals surface area (Å²) >= 11 is 2.54. The maximum atomic E-state index is 13.6. The number of rotatable bonds is 7. The number of amides is 3. The fourth-order valence-electron chi connectivity index (χ4n) is 2.94. The van der Waals surface area contributed by atoms with Gasteiger partial charge in [-0.2, -0.15) is 0 Å². The molecule has 3 aromatic rings. The number of benzene rings is 1. The van der Waals surface area contributed by atoms with Crippen LogP contribution in [0.1, 0.15) is 30.2 Å². The second-order valence-corrected chi connectivity index (χ2v) is 9.08. The average Bonchev–Trinajstić information content (AvgIpc) is 3.01. The molecule has 0 radical (unpaired) electrons. The Morgan fingerprint density at radius 1 is 1.26 bits per heavy atom. The molecule has 2 N–H and O–H groups in total. The molecule has 10 heteroatoms. The van der Waals surface area contributed by atoms with E-state index < -0.39 is 17.8 Å². The van der Waals surface area contributed by atoms with Gasteiger partial charge in [0.05, 0.1) is 16.8 Å². The lowest BCUT2D eigenvalue weighted by Crippen LogP contribution is -2.36. The number of anilines is 1. The zero-order chi connectivity index (χ0) is 22.5. The molecule has 31 heavy (non-hydrogen) atoms. The van der Waals surface area contributed by atoms with Gasteiger partial charge in [-0.15, -0.1) is 11.3 Å². The summed E-state index contributed by atoms with van der Waals surface area (Å²) < 4.78 is 15.2. The number of carbonyl (C=O) groups is 2. The summed E-state index contributed by atoms with van der Waals surface area (Å²) in [6.45, 7) is 6.40. The summed E-state index contributed by atoms with van der Waals surface area (Å²) in [6.07, 6.45) is 1.72. The highest BCUT2D eigenvalue weighted by Gasteiger charge is 2.18. The van der Waals surface area contributed by atoms with Gasteiger partial charge in [0, 0.05) is 11.4 Å². The van der Waals surface area contributed by atoms with Gasteiger partial charge in [-0.25, -0.2) is 14.2 Å². The minimum absolute atomic E-state index is 0.0237. The SMILES string of the molecule is CCCCn1c(SCC(=O)NC(=O)Nc2ccccc2F)nc2sc(C)c(C)c2c1=O. The molecule has 0 fully saturated rings. The Kier molecular flexibility index (Phi) is 7.45. The van der Waals surface area contributed by atoms with E-state index in [4.69, 9.17) is 0 Å². The highest BCUT2D eigenvalue weighted by molar-refractivity contribution is 7.99. The molecule has 0 aliphatic rings. The van der Waals surface area contributed by atoms with E-state index in [1.54, 1.807) is 10.6 Å². The summed E-state index contributed by atoms with van der Waals surface area (Å²) in [5, 5.41) is 5.52. The lowest BCUT2D eigenvalue weighted by Gasteiger charge is -2.12. The third kappa shape index (κ3) is 5.31. The van der Waals surface area contributed by atoms with Crippen LogP contribution < -0.4 is 16.2 Å². The molecule has 0 aliphatic heterocycles. The molecule has 0 unspecified atom stereocenters. The number of halogens is 1. The van der Waals surface area contributed by atoms with Crippen LogP contribution >= 0.6 is 23.1 Å². The maximum Gasteiger partial charge on any atom is 0.325 e. The van der Waals surface area contributed by atoms with Gasteiger partial charge in [0.2, 0.25) is 5.91 Å². The van der Waals surface area contributed by atoms with Gasteiger partial charge in [0.25, 0.3) is 5.56 Å². The molecule has 7 nitrogen and oxygen atoms in total. The molecule has 0 bridgehead atoms. The van der Waals surface area contributed by atoms with Crippen molar-refractivity contribution in [1.82, 2.24) is 14.9 Å². The van der Waals surface area contributed by atoms with Crippen LogP contribution in [0.15, 0.2) is 34.2 Å². The number of imide groups is 1. The Labute approximate surface area is 187 Å². The zero-order valence-electron chi connectivity index (χ0n) is 17.5. The number of nitrogens with one attached hydrogen (secondary N) is 2. The topological polar surface area (TPSA) is 93.1 Å². The highest BCUT2D eigenvalue weighted by atomic mass is 32.2. The van der Waals surface area contributed by atoms with Crippen molar-refractivity contribution in [3.05, 3.63) is 50.9 Å². The number of urea groups is 1. The molecule has 0 atom stereocenters. The second-order valence-electron chi connectivity index (χ2n) is 6.94. The van der Waals surface area contributed by atoms with Gasteiger partial charge in [0.1, 0.15) is 10.6 Å². The van der Waals surface area contributed by atoms with Gasteiger partial charge in [-0.1, -0.05) is 37.2 Å². The Morgan fingerprint density at radius 2 is 2.00 bits per heavy atom. The van der Waals surface area contributed by atoms with Crippen molar-refractivity contribution in [3.8, 4) is 0 Å². The van der Waals surface area contributed by atoms with Crippen LogP contribution in [0.3, 0.4) is 0 Å². The number of thiophene rings is 1. The number of fused-ring (bicyclic) bond motifs is 1. The summed E-state index contributed by atoms with van der Waals surface area (Å²) in [5.74, 6) is -1.29. The molecule has 0 aliphatic carbocycles. The van der Waals surface area contributed by atoms with Gasteiger partial charge in [-0.05, 0) is 38.0 Å². The molecule has 0 spiro atoms. The molecular weight excluding hydrogens is 439 g/mol. The van der Waals surface area contributed by atoms with Crippen LogP contribution in [0.25, 0.3) is 10.2 Å². The number of aromatic nitrogens is 2. The standard InChI is InChI=1S/C21H23FN4O3S2/c1-4-5-10-26-19(28)17-12(2)13(3)31-18(17)25-21(26)30-11-16(27)24-20(29)23-15-9-7-6-8-14(15)22/h6-9H,4-5,10-11H2,1-3H3,(H2,23,24,27,29). The molecule has 3 rings (SSSR count). The van der Waals surface area contributed by atoms with Crippen LogP contribution in [-0.4, -0.2) is 27.2 Å². The number of thioether (sulfide) groups is 1. The fourth-order valence-corrected chi connectivity index (χ4v) is 4.84. The minimum atomic E-state index is -0.827. The van der Waals surface area contributed by atoms with Crippen LogP contribution in [0.4, 0.5) is 14.9 Å². The largest absolute Gasteiger partial charge is 0.325 e. The van der Waals surface area contributed by atoms with Crippen molar-refractivity contribution >= 4 is 50.9 Å². The first-order chi connectivity index (χ1) is 14.8. The van der Waals surface area contributed by atoms with Crippen molar-refractivity contribution in [3.63, 3.8) is 0 Å². The normalized spacial score (nSPS) is 11.0. The first-order valence-corrected chi connectivity index (χ1v) is 11.6. The Hall–Kier alpha value is -2.72. The number of unbranched alkanes of at least 4 members (excludes halogenated alkanes) is 1. The summed E-state index contributed by atoms with van der Waals surface area (Å²) in [4.78, 5) is 43.6. The second kappa shape index (κ2) is 10.1. The van der Waals surface area contributed by atoms with Crippen LogP contribution in [0.2, 0.25) is 0 Å². The van der Waals surface area contributed by atoms with E-state index in [9.17, 15) is 18.8 Å². The quantitative estimate of drug-likeness (QED) is 0.400. The molecule has 3 amide bonds. The number of para-hydroxylation sites is 1. The lowest BCUT2D eigenvalue weighted by atomic mass is 10.2. The number of hydrogen-bond acceptors (Lipinski definition) is 6. The van der Waals surface area contributed by atoms with Crippen molar-refractivity contribution in [2.45, 2.75) is 45.3 Å². The van der Waals surface area contributed by atoms with Gasteiger partial charge >= 0.3 is 6.03 Å². The van der Waals surface area contributed by atoms with Gasteiger partial charge < -0.3 is 5.32 Å². The van der Waals surface area contributed by atoms with Crippen LogP contribution in [0.5, 0.6) is 0 Å². The molecule has 1 aromatic carbocycles. The van der Waals surface area contributed by atoms with E-state index in [2.05, 4.69) is 15.6 Å². The Bertz CT molecular complexity index is 1190. The number of aryl methyl sites for hydroxylation is 2. The predicted molar refractivity (Wildman–Crippen MR) is 123 cm³/mol. The van der Waals surface area contributed by atoms with Crippen molar-refractivity contribution < 1.29 is 14.0 Å². The van der Waals surface area contributed by atoms with Gasteiger partial charge in [0.15, 0.2) is 5.16 Å². The van der Waals surface area contributed by atoms with Crippen molar-refractivity contribution in [2.75, 3.05) is 11.1 Å². The van der Waals surface area contributed by atoms with Crippen molar-refractivity contribution in [1.29, 1.82) is 0 Å². The minimum Gasteiger partial charge on any atom is -0.305 e. The average molecular weight is 463 g/mol. The molecule has 0 saturated carbocycles. The lowest BCUT2D eigenvalue weighted by molar-refractivity contribution is -0.117. The Morgan fingerprint density at radius 3 is 2.71 bits per heavy atom. The molecule has 0 saturated heterocycles. The fraction of sp³-hybridized carbons (Fsp3) is 0.333. The smallest absolute Gasteiger partial charge is 0.305 e. The van der Waals surface area contributed by atoms with Crippen LogP contribution in [0, 0.1) is 19.7 Å². The molecule has 2 heterocycles. The number of carbonyl (C=O) groups excluding carboxylic acids is 2. The van der Waals surface area contributed by atoms with Gasteiger partial charge in [-0.3, -0.25) is 19.5 Å². The zero-order valence-corrected chi connectivity index (χ0v) is 19.1. The van der Waals surface area contributed by atoms with E-state index >= 15 is 0 Å². The van der Waals surface area contributed by atoms with E-state index in [-0.39, 0.29) is 17.0 Å².